The van der Waals surface area contributed by atoms with Crippen molar-refractivity contribution in [1.82, 2.24) is 4.90 Å². The highest BCUT2D eigenvalue weighted by Crippen LogP contribution is 2.32. The Morgan fingerprint density at radius 1 is 0.872 bits per heavy atom. The Morgan fingerprint density at radius 3 is 2.19 bits per heavy atom. The van der Waals surface area contributed by atoms with Gasteiger partial charge in [0.05, 0.1) is 23.6 Å². The lowest BCUT2D eigenvalue weighted by Crippen LogP contribution is -2.47. The van der Waals surface area contributed by atoms with Crippen molar-refractivity contribution in [3.8, 4) is 5.75 Å². The van der Waals surface area contributed by atoms with Crippen LogP contribution in [0.3, 0.4) is 0 Å². The van der Waals surface area contributed by atoms with E-state index in [4.69, 9.17) is 4.74 Å². The minimum Gasteiger partial charge on any atom is -0.489 e. The topological polar surface area (TPSA) is 104 Å². The van der Waals surface area contributed by atoms with Crippen LogP contribution in [0.4, 0.5) is 5.69 Å². The van der Waals surface area contributed by atoms with E-state index in [1.165, 1.54) is 32.1 Å². The number of carboxylic acid groups (broad SMARTS) is 1. The number of amides is 1. The summed E-state index contributed by atoms with van der Waals surface area (Å²) in [6, 6.07) is 22.6. The molecular weight excluding hydrogens is 612 g/mol. The van der Waals surface area contributed by atoms with Crippen molar-refractivity contribution in [2.24, 2.45) is 0 Å². The van der Waals surface area contributed by atoms with Gasteiger partial charge < -0.3 is 19.6 Å². The summed E-state index contributed by atoms with van der Waals surface area (Å²) in [6.45, 7) is 7.63. The lowest BCUT2D eigenvalue weighted by atomic mass is 9.96. The van der Waals surface area contributed by atoms with Crippen LogP contribution in [0.25, 0.3) is 5.57 Å². The Hall–Kier alpha value is -4.11. The number of sulfone groups is 1. The molecule has 3 aromatic rings. The van der Waals surface area contributed by atoms with Gasteiger partial charge in [-0.1, -0.05) is 101 Å². The van der Waals surface area contributed by atoms with E-state index in [1.54, 1.807) is 23.1 Å². The van der Waals surface area contributed by atoms with Crippen LogP contribution in [0.2, 0.25) is 0 Å². The quantitative estimate of drug-likeness (QED) is 0.142. The average molecular weight is 661 g/mol. The lowest BCUT2D eigenvalue weighted by molar-refractivity contribution is -0.129. The molecule has 1 N–H and O–H groups in total. The van der Waals surface area contributed by atoms with Gasteiger partial charge in [-0.25, -0.2) is 13.2 Å². The van der Waals surface area contributed by atoms with Gasteiger partial charge >= 0.3 is 5.97 Å². The Morgan fingerprint density at radius 2 is 1.53 bits per heavy atom. The molecule has 0 saturated carbocycles. The van der Waals surface area contributed by atoms with Crippen LogP contribution >= 0.6 is 0 Å². The molecule has 0 radical (unpaired) electrons. The van der Waals surface area contributed by atoms with Gasteiger partial charge in [0, 0.05) is 30.9 Å². The summed E-state index contributed by atoms with van der Waals surface area (Å²) in [5.41, 5.74) is 4.44. The number of carbonyl (C=O) groups excluding carboxylic acids is 1. The SMILES string of the molecule is C=C(CCCCCCCCC)c1ccc(C(=O)O)cc1N(CC(=O)N1CCS(=O)(=O)CC1)Cc1ccc(OCc2ccccc2)cc1. The Labute approximate surface area is 280 Å². The predicted octanol–water partition coefficient (Wildman–Crippen LogP) is 7.38. The number of benzene rings is 3. The number of hydrogen-bond acceptors (Lipinski definition) is 6. The Kier molecular flexibility index (Phi) is 13.5. The first kappa shape index (κ1) is 35.7. The fraction of sp³-hybridized carbons (Fsp3) is 0.421. The molecule has 1 aliphatic heterocycles. The molecule has 0 aromatic heterocycles. The van der Waals surface area contributed by atoms with Gasteiger partial charge in [0.15, 0.2) is 9.84 Å². The smallest absolute Gasteiger partial charge is 0.335 e. The molecule has 0 aliphatic carbocycles. The molecule has 1 saturated heterocycles. The van der Waals surface area contributed by atoms with Crippen LogP contribution in [0.15, 0.2) is 79.4 Å². The van der Waals surface area contributed by atoms with Crippen LogP contribution in [-0.4, -0.2) is 61.4 Å². The second kappa shape index (κ2) is 17.7. The molecule has 0 spiro atoms. The number of rotatable bonds is 18. The van der Waals surface area contributed by atoms with Gasteiger partial charge in [0.25, 0.3) is 0 Å². The molecule has 9 heteroatoms. The third kappa shape index (κ3) is 11.3. The fourth-order valence-electron chi connectivity index (χ4n) is 5.76. The van der Waals surface area contributed by atoms with Gasteiger partial charge in [-0.15, -0.1) is 0 Å². The fourth-order valence-corrected chi connectivity index (χ4v) is 6.96. The Balaban J connectivity index is 1.56. The van der Waals surface area contributed by atoms with E-state index in [0.717, 1.165) is 41.5 Å². The monoisotopic (exact) mass is 660 g/mol. The lowest BCUT2D eigenvalue weighted by Gasteiger charge is -2.32. The van der Waals surface area contributed by atoms with Crippen molar-refractivity contribution in [3.05, 3.63) is 102 Å². The minimum atomic E-state index is -3.15. The number of nitrogens with zero attached hydrogens (tertiary/aromatic N) is 2. The number of allylic oxidation sites excluding steroid dienone is 1. The standard InChI is InChI=1S/C38H48N2O6S/c1-3-4-5-6-7-8-10-13-30(2)35-21-18-33(38(42)43)26-36(35)40(28-37(41)39-22-24-47(44,45)25-23-39)27-31-16-19-34(20-17-31)46-29-32-14-11-9-12-15-32/h9,11-12,14-21,26H,2-8,10,13,22-25,27-29H2,1H3,(H,42,43). The second-order valence-electron chi connectivity index (χ2n) is 12.3. The van der Waals surface area contributed by atoms with Gasteiger partial charge in [0.1, 0.15) is 12.4 Å². The van der Waals surface area contributed by atoms with Crippen LogP contribution in [0, 0.1) is 0 Å². The van der Waals surface area contributed by atoms with Crippen LogP contribution in [0.5, 0.6) is 5.75 Å². The minimum absolute atomic E-state index is 0.0346. The van der Waals surface area contributed by atoms with Crippen LogP contribution < -0.4 is 9.64 Å². The van der Waals surface area contributed by atoms with E-state index in [2.05, 4.69) is 13.5 Å². The third-order valence-corrected chi connectivity index (χ3v) is 10.2. The molecule has 3 aromatic carbocycles. The van der Waals surface area contributed by atoms with E-state index in [1.807, 2.05) is 59.5 Å². The molecule has 1 aliphatic rings. The van der Waals surface area contributed by atoms with Crippen molar-refractivity contribution in [1.29, 1.82) is 0 Å². The number of ether oxygens (including phenoxy) is 1. The van der Waals surface area contributed by atoms with Crippen molar-refractivity contribution in [2.75, 3.05) is 36.0 Å². The molecule has 4 rings (SSSR count). The molecule has 0 bridgehead atoms. The summed E-state index contributed by atoms with van der Waals surface area (Å²) >= 11 is 0. The number of anilines is 1. The summed E-state index contributed by atoms with van der Waals surface area (Å²) in [4.78, 5) is 29.2. The summed E-state index contributed by atoms with van der Waals surface area (Å²) in [6.07, 6.45) is 8.99. The number of hydrogen-bond donors (Lipinski definition) is 1. The van der Waals surface area contributed by atoms with Crippen LogP contribution in [0.1, 0.15) is 85.3 Å². The normalized spacial score (nSPS) is 14.0. The summed E-state index contributed by atoms with van der Waals surface area (Å²) in [5, 5.41) is 9.88. The van der Waals surface area contributed by atoms with E-state index >= 15 is 0 Å². The van der Waals surface area contributed by atoms with E-state index in [0.29, 0.717) is 24.6 Å². The van der Waals surface area contributed by atoms with Gasteiger partial charge in [-0.3, -0.25) is 4.79 Å². The Bertz CT molecular complexity index is 1570. The van der Waals surface area contributed by atoms with E-state index in [9.17, 15) is 23.1 Å². The maximum atomic E-state index is 13.6. The third-order valence-electron chi connectivity index (χ3n) is 8.62. The largest absolute Gasteiger partial charge is 0.489 e. The number of unbranched alkanes of at least 4 members (excludes halogenated alkanes) is 6. The predicted molar refractivity (Wildman–Crippen MR) is 189 cm³/mol. The number of aromatic carboxylic acids is 1. The molecule has 47 heavy (non-hydrogen) atoms. The maximum absolute atomic E-state index is 13.6. The first-order valence-electron chi connectivity index (χ1n) is 16.7. The molecule has 1 amide bonds. The molecular formula is C38H48N2O6S. The maximum Gasteiger partial charge on any atom is 0.335 e. The highest BCUT2D eigenvalue weighted by Gasteiger charge is 2.27. The molecule has 0 unspecified atom stereocenters. The first-order chi connectivity index (χ1) is 22.6. The first-order valence-corrected chi connectivity index (χ1v) is 18.5. The van der Waals surface area contributed by atoms with Crippen molar-refractivity contribution in [2.45, 2.75) is 71.4 Å². The van der Waals surface area contributed by atoms with Crippen molar-refractivity contribution in [3.63, 3.8) is 0 Å². The molecule has 252 valence electrons. The zero-order valence-electron chi connectivity index (χ0n) is 27.5. The summed E-state index contributed by atoms with van der Waals surface area (Å²) in [7, 11) is -3.15. The van der Waals surface area contributed by atoms with Gasteiger partial charge in [0.2, 0.25) is 5.91 Å². The summed E-state index contributed by atoms with van der Waals surface area (Å²) in [5.74, 6) is -0.655. The van der Waals surface area contributed by atoms with Gasteiger partial charge in [-0.2, -0.15) is 0 Å². The second-order valence-corrected chi connectivity index (χ2v) is 14.6. The molecule has 0 atom stereocenters. The van der Waals surface area contributed by atoms with Gasteiger partial charge in [-0.05, 0) is 53.8 Å². The number of carboxylic acids is 1. The molecule has 1 fully saturated rings. The van der Waals surface area contributed by atoms with E-state index < -0.39 is 15.8 Å². The highest BCUT2D eigenvalue weighted by atomic mass is 32.2. The average Bonchev–Trinajstić information content (AvgIpc) is 3.07. The zero-order valence-corrected chi connectivity index (χ0v) is 28.3. The van der Waals surface area contributed by atoms with Crippen molar-refractivity contribution < 1.29 is 27.9 Å². The van der Waals surface area contributed by atoms with Crippen LogP contribution in [-0.2, 0) is 27.8 Å². The van der Waals surface area contributed by atoms with Crippen molar-refractivity contribution >= 4 is 33.0 Å². The zero-order chi connectivity index (χ0) is 33.6. The number of carbonyl (C=O) groups is 2. The molecule has 8 nitrogen and oxygen atoms in total. The highest BCUT2D eigenvalue weighted by molar-refractivity contribution is 7.91. The molecule has 1 heterocycles. The van der Waals surface area contributed by atoms with E-state index in [-0.39, 0.29) is 42.6 Å². The summed E-state index contributed by atoms with van der Waals surface area (Å²) < 4.78 is 30.0.